The Morgan fingerprint density at radius 3 is 2.80 bits per heavy atom. The van der Waals surface area contributed by atoms with Crippen molar-refractivity contribution in [3.63, 3.8) is 0 Å². The minimum Gasteiger partial charge on any atom is -0.329 e. The van der Waals surface area contributed by atoms with Crippen LogP contribution in [0.5, 0.6) is 0 Å². The molecule has 0 heterocycles. The molecule has 0 aliphatic rings. The van der Waals surface area contributed by atoms with Crippen molar-refractivity contribution in [3.05, 3.63) is 0 Å². The van der Waals surface area contributed by atoms with E-state index in [1.165, 1.54) is 0 Å². The van der Waals surface area contributed by atoms with E-state index >= 15 is 0 Å². The lowest BCUT2D eigenvalue weighted by Gasteiger charge is -2.09. The summed E-state index contributed by atoms with van der Waals surface area (Å²) in [5.74, 6) is 2.67. The second-order valence-electron chi connectivity index (χ2n) is 2.25. The third-order valence-corrected chi connectivity index (χ3v) is 1.31. The quantitative estimate of drug-likeness (QED) is 0.540. The number of hydrogen-bond acceptors (Lipinski definition) is 2. The fourth-order valence-corrected chi connectivity index (χ4v) is 0.791. The van der Waals surface area contributed by atoms with Crippen LogP contribution in [0, 0.1) is 12.3 Å². The summed E-state index contributed by atoms with van der Waals surface area (Å²) in [6.07, 6.45) is 7.40. The molecule has 1 unspecified atom stereocenters. The van der Waals surface area contributed by atoms with E-state index in [-0.39, 0.29) is 6.04 Å². The molecule has 0 aliphatic heterocycles. The van der Waals surface area contributed by atoms with Gasteiger partial charge in [-0.2, -0.15) is 0 Å². The predicted octanol–water partition coefficient (Wildman–Crippen LogP) is 0.337. The first kappa shape index (κ1) is 9.48. The zero-order valence-electron chi connectivity index (χ0n) is 6.56. The van der Waals surface area contributed by atoms with E-state index in [4.69, 9.17) is 12.2 Å². The Morgan fingerprint density at radius 2 is 2.40 bits per heavy atom. The highest BCUT2D eigenvalue weighted by molar-refractivity contribution is 4.98. The number of nitrogens with two attached hydrogens (primary N) is 1. The lowest BCUT2D eigenvalue weighted by Crippen LogP contribution is -2.31. The highest BCUT2D eigenvalue weighted by Gasteiger charge is 1.99. The third-order valence-electron chi connectivity index (χ3n) is 1.31. The SMILES string of the molecule is C#CC(CCC)NCCN. The highest BCUT2D eigenvalue weighted by Crippen LogP contribution is 1.92. The molecule has 2 nitrogen and oxygen atoms in total. The second-order valence-corrected chi connectivity index (χ2v) is 2.25. The summed E-state index contributed by atoms with van der Waals surface area (Å²) in [7, 11) is 0. The average molecular weight is 140 g/mol. The molecule has 3 N–H and O–H groups in total. The van der Waals surface area contributed by atoms with Crippen LogP contribution in [0.15, 0.2) is 0 Å². The summed E-state index contributed by atoms with van der Waals surface area (Å²) in [5, 5.41) is 3.16. The third kappa shape index (κ3) is 4.37. The minimum absolute atomic E-state index is 0.216. The van der Waals surface area contributed by atoms with Gasteiger partial charge in [-0.3, -0.25) is 0 Å². The van der Waals surface area contributed by atoms with Gasteiger partial charge in [0.15, 0.2) is 0 Å². The molecule has 10 heavy (non-hydrogen) atoms. The van der Waals surface area contributed by atoms with E-state index in [1.54, 1.807) is 0 Å². The van der Waals surface area contributed by atoms with Gasteiger partial charge in [-0.05, 0) is 6.42 Å². The molecule has 0 saturated heterocycles. The van der Waals surface area contributed by atoms with E-state index in [0.29, 0.717) is 6.54 Å². The molecule has 0 bridgehead atoms. The van der Waals surface area contributed by atoms with Gasteiger partial charge in [-0.15, -0.1) is 6.42 Å². The second kappa shape index (κ2) is 6.60. The molecule has 0 amide bonds. The summed E-state index contributed by atoms with van der Waals surface area (Å²) in [4.78, 5) is 0. The van der Waals surface area contributed by atoms with Crippen LogP contribution in [0.2, 0.25) is 0 Å². The molecular weight excluding hydrogens is 124 g/mol. The number of terminal acetylenes is 1. The van der Waals surface area contributed by atoms with Crippen molar-refractivity contribution in [2.24, 2.45) is 5.73 Å². The van der Waals surface area contributed by atoms with Crippen LogP contribution >= 0.6 is 0 Å². The van der Waals surface area contributed by atoms with Crippen molar-refractivity contribution in [1.29, 1.82) is 0 Å². The smallest absolute Gasteiger partial charge is 0.0687 e. The molecule has 0 aromatic carbocycles. The summed E-state index contributed by atoms with van der Waals surface area (Å²) in [6, 6.07) is 0.216. The first-order chi connectivity index (χ1) is 4.85. The normalized spacial score (nSPS) is 12.5. The monoisotopic (exact) mass is 140 g/mol. The first-order valence-electron chi connectivity index (χ1n) is 3.74. The zero-order valence-corrected chi connectivity index (χ0v) is 6.56. The lowest BCUT2D eigenvalue weighted by molar-refractivity contribution is 0.569. The van der Waals surface area contributed by atoms with E-state index < -0.39 is 0 Å². The Labute approximate surface area is 63.2 Å². The number of nitrogens with one attached hydrogen (secondary N) is 1. The topological polar surface area (TPSA) is 38.0 Å². The van der Waals surface area contributed by atoms with Gasteiger partial charge in [0.25, 0.3) is 0 Å². The molecule has 1 atom stereocenters. The van der Waals surface area contributed by atoms with Gasteiger partial charge >= 0.3 is 0 Å². The van der Waals surface area contributed by atoms with Crippen LogP contribution in [0.1, 0.15) is 19.8 Å². The molecule has 0 radical (unpaired) electrons. The minimum atomic E-state index is 0.216. The Hall–Kier alpha value is -0.520. The molecule has 0 fully saturated rings. The van der Waals surface area contributed by atoms with Crippen LogP contribution < -0.4 is 11.1 Å². The van der Waals surface area contributed by atoms with Crippen molar-refractivity contribution < 1.29 is 0 Å². The summed E-state index contributed by atoms with van der Waals surface area (Å²) >= 11 is 0. The fourth-order valence-electron chi connectivity index (χ4n) is 0.791. The molecule has 0 aromatic heterocycles. The van der Waals surface area contributed by atoms with Crippen molar-refractivity contribution in [3.8, 4) is 12.3 Å². The van der Waals surface area contributed by atoms with Crippen LogP contribution in [0.3, 0.4) is 0 Å². The summed E-state index contributed by atoms with van der Waals surface area (Å²) in [6.45, 7) is 3.59. The summed E-state index contributed by atoms with van der Waals surface area (Å²) in [5.41, 5.74) is 5.30. The van der Waals surface area contributed by atoms with E-state index in [9.17, 15) is 0 Å². The van der Waals surface area contributed by atoms with Gasteiger partial charge in [-0.1, -0.05) is 19.3 Å². The van der Waals surface area contributed by atoms with Crippen LogP contribution in [-0.2, 0) is 0 Å². The maximum absolute atomic E-state index is 5.30. The Morgan fingerprint density at radius 1 is 1.70 bits per heavy atom. The first-order valence-corrected chi connectivity index (χ1v) is 3.74. The lowest BCUT2D eigenvalue weighted by atomic mass is 10.2. The van der Waals surface area contributed by atoms with Crippen LogP contribution in [-0.4, -0.2) is 19.1 Å². The maximum atomic E-state index is 5.30. The molecular formula is C8H16N2. The van der Waals surface area contributed by atoms with Gasteiger partial charge < -0.3 is 11.1 Å². The number of hydrogen-bond donors (Lipinski definition) is 2. The van der Waals surface area contributed by atoms with Gasteiger partial charge in [0, 0.05) is 13.1 Å². The zero-order chi connectivity index (χ0) is 7.82. The molecule has 0 aliphatic carbocycles. The highest BCUT2D eigenvalue weighted by atomic mass is 14.9. The molecule has 2 heteroatoms. The molecule has 0 saturated carbocycles. The molecule has 0 spiro atoms. The summed E-state index contributed by atoms with van der Waals surface area (Å²) < 4.78 is 0. The number of rotatable bonds is 5. The van der Waals surface area contributed by atoms with Crippen molar-refractivity contribution >= 4 is 0 Å². The maximum Gasteiger partial charge on any atom is 0.0687 e. The van der Waals surface area contributed by atoms with Crippen molar-refractivity contribution in [2.45, 2.75) is 25.8 Å². The van der Waals surface area contributed by atoms with Gasteiger partial charge in [0.05, 0.1) is 6.04 Å². The Kier molecular flexibility index (Phi) is 6.25. The van der Waals surface area contributed by atoms with Gasteiger partial charge in [-0.25, -0.2) is 0 Å². The standard InChI is InChI=1S/C8H16N2/c1-3-5-8(4-2)10-7-6-9/h2,8,10H,3,5-7,9H2,1H3. The Bertz CT molecular complexity index is 104. The average Bonchev–Trinajstić information content (AvgIpc) is 1.98. The molecule has 0 rings (SSSR count). The molecule has 58 valence electrons. The van der Waals surface area contributed by atoms with Crippen LogP contribution in [0.4, 0.5) is 0 Å². The Balaban J connectivity index is 3.33. The van der Waals surface area contributed by atoms with Crippen LogP contribution in [0.25, 0.3) is 0 Å². The predicted molar refractivity (Wildman–Crippen MR) is 44.6 cm³/mol. The largest absolute Gasteiger partial charge is 0.329 e. The van der Waals surface area contributed by atoms with Gasteiger partial charge in [0.2, 0.25) is 0 Å². The van der Waals surface area contributed by atoms with E-state index in [0.717, 1.165) is 19.4 Å². The fraction of sp³-hybridized carbons (Fsp3) is 0.750. The van der Waals surface area contributed by atoms with Gasteiger partial charge in [0.1, 0.15) is 0 Å². The van der Waals surface area contributed by atoms with E-state index in [2.05, 4.69) is 18.2 Å². The van der Waals surface area contributed by atoms with Crippen molar-refractivity contribution in [2.75, 3.05) is 13.1 Å². The van der Waals surface area contributed by atoms with Crippen molar-refractivity contribution in [1.82, 2.24) is 5.32 Å². The molecule has 0 aromatic rings. The van der Waals surface area contributed by atoms with E-state index in [1.807, 2.05) is 0 Å².